The third-order valence-electron chi connectivity index (χ3n) is 6.24. The first-order valence-electron chi connectivity index (χ1n) is 9.90. The normalized spacial score (nSPS) is 29.6. The summed E-state index contributed by atoms with van der Waals surface area (Å²) in [7, 11) is -1.93. The topological polar surface area (TPSA) is 89.0 Å². The van der Waals surface area contributed by atoms with Gasteiger partial charge < -0.3 is 14.4 Å². The minimum atomic E-state index is -3.53. The number of nitrogens with zero attached hydrogens (tertiary/aromatic N) is 3. The first-order chi connectivity index (χ1) is 14.4. The molecular formula is C21H23N3O5S. The summed E-state index contributed by atoms with van der Waals surface area (Å²) in [6.07, 6.45) is 3.33. The van der Waals surface area contributed by atoms with Gasteiger partial charge in [-0.2, -0.15) is 4.31 Å². The molecule has 0 saturated carbocycles. The molecule has 158 valence electrons. The van der Waals surface area contributed by atoms with Crippen LogP contribution >= 0.6 is 0 Å². The lowest BCUT2D eigenvalue weighted by Crippen LogP contribution is -2.56. The number of benzene rings is 1. The molecule has 3 saturated heterocycles. The van der Waals surface area contributed by atoms with Crippen molar-refractivity contribution in [2.45, 2.75) is 29.9 Å². The van der Waals surface area contributed by atoms with Gasteiger partial charge in [-0.15, -0.1) is 0 Å². The summed E-state index contributed by atoms with van der Waals surface area (Å²) in [6.45, 7) is 1.21. The van der Waals surface area contributed by atoms with Crippen LogP contribution in [0.2, 0.25) is 0 Å². The van der Waals surface area contributed by atoms with Crippen LogP contribution < -0.4 is 4.74 Å². The maximum atomic E-state index is 13.3. The summed E-state index contributed by atoms with van der Waals surface area (Å²) in [5.74, 6) is 0.610. The highest BCUT2D eigenvalue weighted by atomic mass is 32.2. The lowest BCUT2D eigenvalue weighted by molar-refractivity contribution is -0.0980. The Kier molecular flexibility index (Phi) is 4.57. The van der Waals surface area contributed by atoms with Gasteiger partial charge in [0.1, 0.15) is 16.6 Å². The summed E-state index contributed by atoms with van der Waals surface area (Å²) < 4.78 is 39.5. The number of amides is 1. The van der Waals surface area contributed by atoms with Crippen LogP contribution in [0.15, 0.2) is 48.8 Å². The maximum absolute atomic E-state index is 13.3. The molecule has 3 aliphatic heterocycles. The van der Waals surface area contributed by atoms with E-state index in [1.54, 1.807) is 36.5 Å². The highest BCUT2D eigenvalue weighted by Gasteiger charge is 2.65. The van der Waals surface area contributed by atoms with Crippen molar-refractivity contribution >= 4 is 15.9 Å². The Morgan fingerprint density at radius 1 is 1.20 bits per heavy atom. The molecule has 9 heteroatoms. The first kappa shape index (κ1) is 19.5. The number of fused-ring (bicyclic) bond motifs is 1. The standard InChI is InChI=1S/C21H23N3O5S/c1-28-17-4-2-15(3-5-17)11-24-14-21-13-23(20(25)16-6-8-22-9-7-16)12-18(29-21)10-19(21)30(24,26)27/h2-9,18-19H,10-14H2,1H3/t18-,19+,21+/m1/s1. The highest BCUT2D eigenvalue weighted by molar-refractivity contribution is 7.90. The molecule has 1 amide bonds. The molecule has 30 heavy (non-hydrogen) atoms. The number of hydrogen-bond donors (Lipinski definition) is 0. The molecule has 0 aliphatic carbocycles. The largest absolute Gasteiger partial charge is 0.497 e. The van der Waals surface area contributed by atoms with Gasteiger partial charge in [0.05, 0.1) is 19.8 Å². The molecular weight excluding hydrogens is 406 g/mol. The van der Waals surface area contributed by atoms with Crippen LogP contribution in [0.25, 0.3) is 0 Å². The number of hydrogen-bond acceptors (Lipinski definition) is 6. The van der Waals surface area contributed by atoms with Crippen molar-refractivity contribution in [1.82, 2.24) is 14.2 Å². The third-order valence-corrected chi connectivity index (χ3v) is 8.56. The Labute approximate surface area is 175 Å². The van der Waals surface area contributed by atoms with Crippen LogP contribution in [-0.2, 0) is 21.3 Å². The zero-order valence-electron chi connectivity index (χ0n) is 16.6. The average Bonchev–Trinajstić information content (AvgIpc) is 3.13. The molecule has 1 spiro atoms. The van der Waals surface area contributed by atoms with E-state index in [1.165, 1.54) is 4.31 Å². The van der Waals surface area contributed by atoms with Gasteiger partial charge in [-0.1, -0.05) is 12.1 Å². The van der Waals surface area contributed by atoms with Gasteiger partial charge in [-0.25, -0.2) is 8.42 Å². The number of carbonyl (C=O) groups excluding carboxylic acids is 1. The van der Waals surface area contributed by atoms with Crippen molar-refractivity contribution in [3.63, 3.8) is 0 Å². The van der Waals surface area contributed by atoms with Gasteiger partial charge in [-0.3, -0.25) is 9.78 Å². The zero-order valence-corrected chi connectivity index (χ0v) is 17.4. The van der Waals surface area contributed by atoms with Gasteiger partial charge in [0.2, 0.25) is 10.0 Å². The number of aromatic nitrogens is 1. The second kappa shape index (κ2) is 7.04. The van der Waals surface area contributed by atoms with Crippen LogP contribution in [-0.4, -0.2) is 72.2 Å². The van der Waals surface area contributed by atoms with E-state index in [4.69, 9.17) is 9.47 Å². The van der Waals surface area contributed by atoms with Gasteiger partial charge in [0, 0.05) is 37.6 Å². The Balaban J connectivity index is 1.39. The van der Waals surface area contributed by atoms with Crippen molar-refractivity contribution in [3.05, 3.63) is 59.9 Å². The number of carbonyl (C=O) groups is 1. The predicted octanol–water partition coefficient (Wildman–Crippen LogP) is 1.29. The van der Waals surface area contributed by atoms with E-state index < -0.39 is 20.9 Å². The van der Waals surface area contributed by atoms with E-state index >= 15 is 0 Å². The maximum Gasteiger partial charge on any atom is 0.254 e. The molecule has 5 rings (SSSR count). The number of ether oxygens (including phenoxy) is 2. The van der Waals surface area contributed by atoms with Crippen LogP contribution in [0.1, 0.15) is 22.3 Å². The summed E-state index contributed by atoms with van der Waals surface area (Å²) in [4.78, 5) is 18.7. The number of pyridine rings is 1. The van der Waals surface area contributed by atoms with E-state index in [9.17, 15) is 13.2 Å². The lowest BCUT2D eigenvalue weighted by Gasteiger charge is -2.39. The molecule has 2 aromatic rings. The third kappa shape index (κ3) is 3.08. The fourth-order valence-corrected chi connectivity index (χ4v) is 7.15. The molecule has 3 fully saturated rings. The molecule has 1 aromatic carbocycles. The SMILES string of the molecule is COc1ccc(CN2C[C@@]34CN(C(=O)c5ccncc5)C[C@@H](C[C@@H]3S2(=O)=O)O4)cc1. The van der Waals surface area contributed by atoms with Gasteiger partial charge in [0.25, 0.3) is 5.91 Å². The minimum absolute atomic E-state index is 0.114. The number of methoxy groups -OCH3 is 1. The first-order valence-corrected chi connectivity index (χ1v) is 11.4. The summed E-state index contributed by atoms with van der Waals surface area (Å²) in [6, 6.07) is 10.7. The van der Waals surface area contributed by atoms with Crippen LogP contribution in [0.4, 0.5) is 0 Å². The fraction of sp³-hybridized carbons (Fsp3) is 0.429. The number of rotatable bonds is 4. The zero-order chi connectivity index (χ0) is 20.9. The van der Waals surface area contributed by atoms with E-state index in [0.29, 0.717) is 18.5 Å². The fourth-order valence-electron chi connectivity index (χ4n) is 4.86. The van der Waals surface area contributed by atoms with Crippen molar-refractivity contribution in [1.29, 1.82) is 0 Å². The molecule has 0 radical (unpaired) electrons. The molecule has 0 N–H and O–H groups in total. The second-order valence-electron chi connectivity index (χ2n) is 8.11. The van der Waals surface area contributed by atoms with Gasteiger partial charge in [-0.05, 0) is 36.2 Å². The smallest absolute Gasteiger partial charge is 0.254 e. The molecule has 8 nitrogen and oxygen atoms in total. The van der Waals surface area contributed by atoms with Gasteiger partial charge in [0.15, 0.2) is 0 Å². The molecule has 2 bridgehead atoms. The Bertz CT molecular complexity index is 1060. The Hall–Kier alpha value is -2.49. The summed E-state index contributed by atoms with van der Waals surface area (Å²) >= 11 is 0. The van der Waals surface area contributed by atoms with Crippen LogP contribution in [0, 0.1) is 0 Å². The van der Waals surface area contributed by atoms with Gasteiger partial charge >= 0.3 is 0 Å². The quantitative estimate of drug-likeness (QED) is 0.728. The van der Waals surface area contributed by atoms with Crippen molar-refractivity contribution in [2.75, 3.05) is 26.7 Å². The van der Waals surface area contributed by atoms with Crippen LogP contribution in [0.5, 0.6) is 5.75 Å². The lowest BCUT2D eigenvalue weighted by atomic mass is 9.99. The van der Waals surface area contributed by atoms with E-state index in [0.717, 1.165) is 11.3 Å². The monoisotopic (exact) mass is 429 g/mol. The Morgan fingerprint density at radius 2 is 1.93 bits per heavy atom. The predicted molar refractivity (Wildman–Crippen MR) is 108 cm³/mol. The summed E-state index contributed by atoms with van der Waals surface area (Å²) in [5.41, 5.74) is 0.555. The number of sulfonamides is 1. The Morgan fingerprint density at radius 3 is 2.63 bits per heavy atom. The second-order valence-corrected chi connectivity index (χ2v) is 10.2. The van der Waals surface area contributed by atoms with E-state index in [2.05, 4.69) is 4.98 Å². The van der Waals surface area contributed by atoms with Crippen molar-refractivity contribution in [2.24, 2.45) is 0 Å². The minimum Gasteiger partial charge on any atom is -0.497 e. The number of likely N-dealkylation sites (tertiary alicyclic amines) is 1. The van der Waals surface area contributed by atoms with Crippen LogP contribution in [0.3, 0.4) is 0 Å². The molecule has 0 unspecified atom stereocenters. The highest BCUT2D eigenvalue weighted by Crippen LogP contribution is 2.47. The summed E-state index contributed by atoms with van der Waals surface area (Å²) in [5, 5.41) is -0.622. The number of morpholine rings is 1. The van der Waals surface area contributed by atoms with Crippen molar-refractivity contribution in [3.8, 4) is 5.75 Å². The molecule has 1 aromatic heterocycles. The molecule has 3 atom stereocenters. The van der Waals surface area contributed by atoms with E-state index in [-0.39, 0.29) is 31.6 Å². The van der Waals surface area contributed by atoms with E-state index in [1.807, 2.05) is 24.3 Å². The average molecular weight is 429 g/mol. The molecule has 3 aliphatic rings. The van der Waals surface area contributed by atoms with Crippen molar-refractivity contribution < 1.29 is 22.7 Å². The molecule has 4 heterocycles.